The van der Waals surface area contributed by atoms with E-state index in [1.165, 1.54) is 19.2 Å². The Morgan fingerprint density at radius 3 is 2.50 bits per heavy atom. The molecule has 0 fully saturated rings. The molecule has 140 valence electrons. The molecule has 6 nitrogen and oxygen atoms in total. The molecule has 0 saturated heterocycles. The van der Waals surface area contributed by atoms with Crippen molar-refractivity contribution in [3.63, 3.8) is 0 Å². The molecule has 26 heavy (non-hydrogen) atoms. The number of benzene rings is 2. The van der Waals surface area contributed by atoms with Crippen molar-refractivity contribution < 1.29 is 17.9 Å². The maximum absolute atomic E-state index is 12.7. The van der Waals surface area contributed by atoms with Crippen LogP contribution >= 0.6 is 15.9 Å². The highest BCUT2D eigenvalue weighted by atomic mass is 79.9. The van der Waals surface area contributed by atoms with Crippen LogP contribution in [0.25, 0.3) is 0 Å². The van der Waals surface area contributed by atoms with E-state index in [4.69, 9.17) is 4.74 Å². The Balaban J connectivity index is 2.30. The Labute approximate surface area is 162 Å². The van der Waals surface area contributed by atoms with Gasteiger partial charge in [-0.05, 0) is 52.2 Å². The zero-order valence-electron chi connectivity index (χ0n) is 14.7. The minimum Gasteiger partial charge on any atom is -0.496 e. The molecular weight excluding hydrogens is 420 g/mol. The molecular formula is C18H21BrN2O4S. The first kappa shape index (κ1) is 20.3. The van der Waals surface area contributed by atoms with E-state index in [2.05, 4.69) is 26.0 Å². The number of carbonyl (C=O) groups excluding carboxylic acids is 1. The average molecular weight is 441 g/mol. The third-order valence-electron chi connectivity index (χ3n) is 3.52. The number of carbonyl (C=O) groups is 1. The molecule has 0 aromatic heterocycles. The summed E-state index contributed by atoms with van der Waals surface area (Å²) in [6, 6.07) is 10.9. The van der Waals surface area contributed by atoms with Gasteiger partial charge in [-0.2, -0.15) is 0 Å². The minimum atomic E-state index is -3.86. The molecule has 0 aliphatic carbocycles. The number of nitrogens with one attached hydrogen (secondary N) is 2. The lowest BCUT2D eigenvalue weighted by Crippen LogP contribution is -2.28. The van der Waals surface area contributed by atoms with Crippen LogP contribution in [-0.4, -0.2) is 28.0 Å². The van der Waals surface area contributed by atoms with Crippen molar-refractivity contribution in [1.29, 1.82) is 0 Å². The van der Waals surface area contributed by atoms with Gasteiger partial charge in [-0.1, -0.05) is 26.0 Å². The molecule has 0 spiro atoms. The first-order valence-electron chi connectivity index (χ1n) is 7.98. The maximum atomic E-state index is 12.7. The monoisotopic (exact) mass is 440 g/mol. The molecule has 0 unspecified atom stereocenters. The molecule has 2 N–H and O–H groups in total. The summed E-state index contributed by atoms with van der Waals surface area (Å²) in [7, 11) is -2.37. The summed E-state index contributed by atoms with van der Waals surface area (Å²) in [4.78, 5) is 12.4. The third kappa shape index (κ3) is 4.98. The first-order chi connectivity index (χ1) is 12.2. The van der Waals surface area contributed by atoms with E-state index in [0.29, 0.717) is 22.7 Å². The summed E-state index contributed by atoms with van der Waals surface area (Å²) in [5.74, 6) is 0.491. The summed E-state index contributed by atoms with van der Waals surface area (Å²) in [6.45, 7) is 4.47. The van der Waals surface area contributed by atoms with E-state index in [9.17, 15) is 13.2 Å². The standard InChI is InChI=1S/C18H21BrN2O4S/c1-12(2)11-20-18(22)14-6-4-5-7-16(14)21-26(23,24)13-8-9-17(25-3)15(19)10-13/h4-10,12,21H,11H2,1-3H3,(H,20,22). The van der Waals surface area contributed by atoms with Gasteiger partial charge in [0, 0.05) is 6.54 Å². The summed E-state index contributed by atoms with van der Waals surface area (Å²) >= 11 is 3.28. The van der Waals surface area contributed by atoms with Crippen molar-refractivity contribution >= 4 is 37.5 Å². The van der Waals surface area contributed by atoms with E-state index in [-0.39, 0.29) is 22.1 Å². The van der Waals surface area contributed by atoms with Crippen LogP contribution in [0.4, 0.5) is 5.69 Å². The highest BCUT2D eigenvalue weighted by Crippen LogP contribution is 2.28. The van der Waals surface area contributed by atoms with Gasteiger partial charge in [0.2, 0.25) is 0 Å². The number of hydrogen-bond acceptors (Lipinski definition) is 4. The van der Waals surface area contributed by atoms with Crippen molar-refractivity contribution in [1.82, 2.24) is 5.32 Å². The third-order valence-corrected chi connectivity index (χ3v) is 5.50. The zero-order valence-corrected chi connectivity index (χ0v) is 17.1. The molecule has 0 saturated carbocycles. The molecule has 2 rings (SSSR count). The zero-order chi connectivity index (χ0) is 19.3. The Kier molecular flexibility index (Phi) is 6.66. The van der Waals surface area contributed by atoms with E-state index in [1.807, 2.05) is 13.8 Å². The number of halogens is 1. The number of anilines is 1. The van der Waals surface area contributed by atoms with Gasteiger partial charge >= 0.3 is 0 Å². The molecule has 0 aliphatic rings. The molecule has 0 atom stereocenters. The highest BCUT2D eigenvalue weighted by Gasteiger charge is 2.19. The predicted molar refractivity (Wildman–Crippen MR) is 105 cm³/mol. The van der Waals surface area contributed by atoms with Crippen LogP contribution in [0, 0.1) is 5.92 Å². The Hall–Kier alpha value is -2.06. The van der Waals surface area contributed by atoms with E-state index < -0.39 is 10.0 Å². The van der Waals surface area contributed by atoms with E-state index in [1.54, 1.807) is 30.3 Å². The second-order valence-corrected chi connectivity index (χ2v) is 8.59. The summed E-state index contributed by atoms with van der Waals surface area (Å²) in [6.07, 6.45) is 0. The van der Waals surface area contributed by atoms with Crippen LogP contribution in [0.1, 0.15) is 24.2 Å². The van der Waals surface area contributed by atoms with Gasteiger partial charge in [0.25, 0.3) is 15.9 Å². The van der Waals surface area contributed by atoms with Crippen LogP contribution in [0.15, 0.2) is 51.8 Å². The molecule has 0 aliphatic heterocycles. The second kappa shape index (κ2) is 8.55. The molecule has 0 radical (unpaired) electrons. The SMILES string of the molecule is COc1ccc(S(=O)(=O)Nc2ccccc2C(=O)NCC(C)C)cc1Br. The fourth-order valence-electron chi connectivity index (χ4n) is 2.18. The lowest BCUT2D eigenvalue weighted by Gasteiger charge is -2.14. The molecule has 2 aromatic rings. The molecule has 1 amide bonds. The fraction of sp³-hybridized carbons (Fsp3) is 0.278. The Morgan fingerprint density at radius 1 is 1.19 bits per heavy atom. The number of rotatable bonds is 7. The largest absolute Gasteiger partial charge is 0.496 e. The number of amides is 1. The highest BCUT2D eigenvalue weighted by molar-refractivity contribution is 9.10. The molecule has 0 bridgehead atoms. The van der Waals surface area contributed by atoms with Gasteiger partial charge in [-0.15, -0.1) is 0 Å². The van der Waals surface area contributed by atoms with Crippen LogP contribution in [0.2, 0.25) is 0 Å². The molecule has 0 heterocycles. The van der Waals surface area contributed by atoms with Crippen LogP contribution in [0.5, 0.6) is 5.75 Å². The number of hydrogen-bond donors (Lipinski definition) is 2. The second-order valence-electron chi connectivity index (χ2n) is 6.05. The Bertz CT molecular complexity index is 898. The number of ether oxygens (including phenoxy) is 1. The normalized spacial score (nSPS) is 11.3. The average Bonchev–Trinajstić information content (AvgIpc) is 2.59. The minimum absolute atomic E-state index is 0.0579. The van der Waals surface area contributed by atoms with Crippen molar-refractivity contribution in [3.05, 3.63) is 52.5 Å². The molecule has 2 aromatic carbocycles. The smallest absolute Gasteiger partial charge is 0.261 e. The molecule has 8 heteroatoms. The van der Waals surface area contributed by atoms with Gasteiger partial charge in [0.15, 0.2) is 0 Å². The number of methoxy groups -OCH3 is 1. The van der Waals surface area contributed by atoms with E-state index in [0.717, 1.165) is 0 Å². The van der Waals surface area contributed by atoms with Crippen molar-refractivity contribution in [2.24, 2.45) is 5.92 Å². The number of sulfonamides is 1. The van der Waals surface area contributed by atoms with Gasteiger partial charge in [0.05, 0.1) is 27.7 Å². The van der Waals surface area contributed by atoms with Crippen molar-refractivity contribution in [2.75, 3.05) is 18.4 Å². The van der Waals surface area contributed by atoms with Gasteiger partial charge in [-0.25, -0.2) is 8.42 Å². The van der Waals surface area contributed by atoms with Gasteiger partial charge in [-0.3, -0.25) is 9.52 Å². The predicted octanol–water partition coefficient (Wildman–Crippen LogP) is 3.64. The van der Waals surface area contributed by atoms with E-state index >= 15 is 0 Å². The quantitative estimate of drug-likeness (QED) is 0.687. The van der Waals surface area contributed by atoms with Crippen LogP contribution in [0.3, 0.4) is 0 Å². The van der Waals surface area contributed by atoms with Crippen molar-refractivity contribution in [3.8, 4) is 5.75 Å². The Morgan fingerprint density at radius 2 is 1.88 bits per heavy atom. The van der Waals surface area contributed by atoms with Crippen molar-refractivity contribution in [2.45, 2.75) is 18.7 Å². The fourth-order valence-corrected chi connectivity index (χ4v) is 3.98. The lowest BCUT2D eigenvalue weighted by molar-refractivity contribution is 0.0950. The van der Waals surface area contributed by atoms with Gasteiger partial charge < -0.3 is 10.1 Å². The maximum Gasteiger partial charge on any atom is 0.261 e. The topological polar surface area (TPSA) is 84.5 Å². The van der Waals surface area contributed by atoms with Gasteiger partial charge in [0.1, 0.15) is 5.75 Å². The summed E-state index contributed by atoms with van der Waals surface area (Å²) in [5, 5.41) is 2.79. The summed E-state index contributed by atoms with van der Waals surface area (Å²) in [5.41, 5.74) is 0.491. The first-order valence-corrected chi connectivity index (χ1v) is 10.3. The van der Waals surface area contributed by atoms with Crippen LogP contribution in [-0.2, 0) is 10.0 Å². The lowest BCUT2D eigenvalue weighted by atomic mass is 10.1. The number of para-hydroxylation sites is 1. The summed E-state index contributed by atoms with van der Waals surface area (Å²) < 4.78 is 33.5. The van der Waals surface area contributed by atoms with Crippen LogP contribution < -0.4 is 14.8 Å².